The minimum absolute atomic E-state index is 0.0797. The van der Waals surface area contributed by atoms with Crippen LogP contribution >= 0.6 is 0 Å². The average molecular weight is 369 g/mol. The number of carbonyl (C=O) groups is 3. The van der Waals surface area contributed by atoms with Gasteiger partial charge in [0.15, 0.2) is 0 Å². The van der Waals surface area contributed by atoms with Crippen molar-refractivity contribution >= 4 is 23.5 Å². The van der Waals surface area contributed by atoms with Crippen LogP contribution in [0.5, 0.6) is 11.5 Å². The Morgan fingerprint density at radius 1 is 1.04 bits per heavy atom. The first-order valence-electron chi connectivity index (χ1n) is 8.36. The van der Waals surface area contributed by atoms with E-state index in [1.807, 2.05) is 0 Å². The molecule has 2 aromatic carbocycles. The van der Waals surface area contributed by atoms with Gasteiger partial charge in [-0.05, 0) is 36.4 Å². The van der Waals surface area contributed by atoms with Crippen molar-refractivity contribution in [1.29, 1.82) is 0 Å². The van der Waals surface area contributed by atoms with Gasteiger partial charge in [-0.25, -0.2) is 4.79 Å². The lowest BCUT2D eigenvalue weighted by Gasteiger charge is -2.17. The fourth-order valence-corrected chi connectivity index (χ4v) is 2.87. The number of methoxy groups -OCH3 is 2. The van der Waals surface area contributed by atoms with Crippen LogP contribution in [0.25, 0.3) is 0 Å². The molecule has 0 spiro atoms. The molecule has 1 heterocycles. The van der Waals surface area contributed by atoms with E-state index < -0.39 is 17.9 Å². The number of nitrogens with zero attached hydrogens (tertiary/aromatic N) is 1. The van der Waals surface area contributed by atoms with E-state index in [-0.39, 0.29) is 18.9 Å². The minimum Gasteiger partial charge on any atom is -0.497 e. The third-order valence-electron chi connectivity index (χ3n) is 4.32. The maximum atomic E-state index is 12.4. The third kappa shape index (κ3) is 4.08. The molecule has 0 aromatic heterocycles. The molecule has 2 aromatic rings. The first kappa shape index (κ1) is 18.4. The number of anilines is 1. The quantitative estimate of drug-likeness (QED) is 0.595. The van der Waals surface area contributed by atoms with Crippen LogP contribution in [0.3, 0.4) is 0 Å². The molecule has 0 aliphatic carbocycles. The van der Waals surface area contributed by atoms with Gasteiger partial charge in [0.05, 0.1) is 25.7 Å². The molecular formula is C20H19NO6. The predicted molar refractivity (Wildman–Crippen MR) is 96.9 cm³/mol. The summed E-state index contributed by atoms with van der Waals surface area (Å²) >= 11 is 0. The van der Waals surface area contributed by atoms with Gasteiger partial charge in [-0.3, -0.25) is 9.59 Å². The summed E-state index contributed by atoms with van der Waals surface area (Å²) in [5.74, 6) is -0.727. The molecule has 0 saturated carbocycles. The van der Waals surface area contributed by atoms with Crippen LogP contribution in [0.1, 0.15) is 16.8 Å². The van der Waals surface area contributed by atoms with Gasteiger partial charge >= 0.3 is 11.9 Å². The molecule has 1 atom stereocenters. The molecule has 3 rings (SSSR count). The summed E-state index contributed by atoms with van der Waals surface area (Å²) in [7, 11) is 2.85. The van der Waals surface area contributed by atoms with Gasteiger partial charge in [0.25, 0.3) is 0 Å². The number of hydrogen-bond acceptors (Lipinski definition) is 6. The predicted octanol–water partition coefficient (Wildman–Crippen LogP) is 2.44. The summed E-state index contributed by atoms with van der Waals surface area (Å²) in [5, 5.41) is 0. The van der Waals surface area contributed by atoms with Crippen LogP contribution in [0.4, 0.5) is 5.69 Å². The molecule has 1 aliphatic rings. The van der Waals surface area contributed by atoms with Crippen LogP contribution in [0.2, 0.25) is 0 Å². The number of rotatable bonds is 5. The number of amides is 1. The van der Waals surface area contributed by atoms with Crippen molar-refractivity contribution in [2.75, 3.05) is 25.7 Å². The highest BCUT2D eigenvalue weighted by Gasteiger charge is 2.36. The Labute approximate surface area is 156 Å². The molecular weight excluding hydrogens is 350 g/mol. The van der Waals surface area contributed by atoms with Crippen molar-refractivity contribution in [1.82, 2.24) is 0 Å². The highest BCUT2D eigenvalue weighted by molar-refractivity contribution is 5.99. The molecule has 1 aliphatic heterocycles. The molecule has 0 bridgehead atoms. The van der Waals surface area contributed by atoms with Crippen LogP contribution in [0, 0.1) is 5.92 Å². The molecule has 7 heteroatoms. The molecule has 140 valence electrons. The molecule has 1 saturated heterocycles. The summed E-state index contributed by atoms with van der Waals surface area (Å²) in [5.41, 5.74) is 1.04. The molecule has 27 heavy (non-hydrogen) atoms. The first-order valence-corrected chi connectivity index (χ1v) is 8.36. The van der Waals surface area contributed by atoms with Crippen molar-refractivity contribution < 1.29 is 28.6 Å². The van der Waals surface area contributed by atoms with Crippen molar-refractivity contribution in [2.45, 2.75) is 6.42 Å². The third-order valence-corrected chi connectivity index (χ3v) is 4.32. The van der Waals surface area contributed by atoms with Crippen LogP contribution in [0.15, 0.2) is 48.5 Å². The van der Waals surface area contributed by atoms with Crippen molar-refractivity contribution in [3.63, 3.8) is 0 Å². The Morgan fingerprint density at radius 2 is 1.78 bits per heavy atom. The fourth-order valence-electron chi connectivity index (χ4n) is 2.87. The maximum absolute atomic E-state index is 12.4. The molecule has 7 nitrogen and oxygen atoms in total. The standard InChI is InChI=1S/C20H19NO6/c1-25-17-5-3-4-15(11-17)21-12-14(10-18(21)22)20(24)27-16-8-6-13(7-9-16)19(23)26-2/h3-9,11,14H,10,12H2,1-2H3/t14-/m1/s1. The Bertz CT molecular complexity index is 861. The van der Waals surface area contributed by atoms with Gasteiger partial charge in [-0.1, -0.05) is 6.07 Å². The van der Waals surface area contributed by atoms with Crippen LogP contribution in [-0.4, -0.2) is 38.6 Å². The fraction of sp³-hybridized carbons (Fsp3) is 0.250. The zero-order valence-corrected chi connectivity index (χ0v) is 15.0. The average Bonchev–Trinajstić information content (AvgIpc) is 3.10. The van der Waals surface area contributed by atoms with Gasteiger partial charge in [0.2, 0.25) is 5.91 Å². The Morgan fingerprint density at radius 3 is 2.44 bits per heavy atom. The second kappa shape index (κ2) is 7.90. The summed E-state index contributed by atoms with van der Waals surface area (Å²) < 4.78 is 15.1. The van der Waals surface area contributed by atoms with E-state index in [1.165, 1.54) is 31.4 Å². The van der Waals surface area contributed by atoms with E-state index in [1.54, 1.807) is 36.3 Å². The number of esters is 2. The number of hydrogen-bond donors (Lipinski definition) is 0. The lowest BCUT2D eigenvalue weighted by molar-refractivity contribution is -0.139. The Hall–Kier alpha value is -3.35. The van der Waals surface area contributed by atoms with E-state index >= 15 is 0 Å². The van der Waals surface area contributed by atoms with Crippen molar-refractivity contribution in [2.24, 2.45) is 5.92 Å². The lowest BCUT2D eigenvalue weighted by Crippen LogP contribution is -2.27. The second-order valence-electron chi connectivity index (χ2n) is 6.04. The minimum atomic E-state index is -0.566. The molecule has 0 N–H and O–H groups in total. The summed E-state index contributed by atoms with van der Waals surface area (Å²) in [6.07, 6.45) is 0.0797. The van der Waals surface area contributed by atoms with E-state index in [2.05, 4.69) is 4.74 Å². The number of ether oxygens (including phenoxy) is 3. The SMILES string of the molecule is COC(=O)c1ccc(OC(=O)[C@@H]2CC(=O)N(c3cccc(OC)c3)C2)cc1. The summed E-state index contributed by atoms with van der Waals surface area (Å²) in [4.78, 5) is 37.7. The van der Waals surface area contributed by atoms with E-state index in [4.69, 9.17) is 9.47 Å². The van der Waals surface area contributed by atoms with Crippen LogP contribution in [-0.2, 0) is 14.3 Å². The van der Waals surface area contributed by atoms with E-state index in [9.17, 15) is 14.4 Å². The topological polar surface area (TPSA) is 82.1 Å². The second-order valence-corrected chi connectivity index (χ2v) is 6.04. The number of benzene rings is 2. The van der Waals surface area contributed by atoms with Gasteiger partial charge in [-0.15, -0.1) is 0 Å². The monoisotopic (exact) mass is 369 g/mol. The normalized spacial score (nSPS) is 16.1. The smallest absolute Gasteiger partial charge is 0.337 e. The Balaban J connectivity index is 1.66. The van der Waals surface area contributed by atoms with Gasteiger partial charge in [0.1, 0.15) is 11.5 Å². The molecule has 1 amide bonds. The van der Waals surface area contributed by atoms with Gasteiger partial charge in [0, 0.05) is 24.7 Å². The summed E-state index contributed by atoms with van der Waals surface area (Å²) in [6, 6.07) is 13.2. The Kier molecular flexibility index (Phi) is 5.40. The molecule has 0 radical (unpaired) electrons. The maximum Gasteiger partial charge on any atom is 0.337 e. The largest absolute Gasteiger partial charge is 0.497 e. The van der Waals surface area contributed by atoms with Crippen LogP contribution < -0.4 is 14.4 Å². The van der Waals surface area contributed by atoms with Crippen molar-refractivity contribution in [3.05, 3.63) is 54.1 Å². The summed E-state index contributed by atoms with van der Waals surface area (Å²) in [6.45, 7) is 0.241. The van der Waals surface area contributed by atoms with Crippen molar-refractivity contribution in [3.8, 4) is 11.5 Å². The molecule has 1 fully saturated rings. The van der Waals surface area contributed by atoms with E-state index in [0.29, 0.717) is 22.7 Å². The highest BCUT2D eigenvalue weighted by Crippen LogP contribution is 2.29. The highest BCUT2D eigenvalue weighted by atomic mass is 16.5. The zero-order chi connectivity index (χ0) is 19.4. The first-order chi connectivity index (χ1) is 13.0. The molecule has 0 unspecified atom stereocenters. The van der Waals surface area contributed by atoms with E-state index in [0.717, 1.165) is 0 Å². The van der Waals surface area contributed by atoms with Gasteiger partial charge in [-0.2, -0.15) is 0 Å². The number of carbonyl (C=O) groups excluding carboxylic acids is 3. The van der Waals surface area contributed by atoms with Gasteiger partial charge < -0.3 is 19.1 Å². The lowest BCUT2D eigenvalue weighted by atomic mass is 10.1. The zero-order valence-electron chi connectivity index (χ0n) is 15.0.